The summed E-state index contributed by atoms with van der Waals surface area (Å²) in [4.78, 5) is 12.1. The van der Waals surface area contributed by atoms with Gasteiger partial charge < -0.3 is 24.8 Å². The van der Waals surface area contributed by atoms with Crippen LogP contribution in [0.1, 0.15) is 19.8 Å². The van der Waals surface area contributed by atoms with Crippen LogP contribution in [0.2, 0.25) is 0 Å². The molecule has 1 unspecified atom stereocenters. The highest BCUT2D eigenvalue weighted by molar-refractivity contribution is 5.92. The van der Waals surface area contributed by atoms with E-state index in [9.17, 15) is 4.79 Å². The summed E-state index contributed by atoms with van der Waals surface area (Å²) in [5.74, 6) is 1.20. The van der Waals surface area contributed by atoms with Crippen LogP contribution >= 0.6 is 0 Å². The van der Waals surface area contributed by atoms with Crippen LogP contribution in [0.15, 0.2) is 18.2 Å². The Morgan fingerprint density at radius 2 is 2.00 bits per heavy atom. The Morgan fingerprint density at radius 1 is 1.23 bits per heavy atom. The summed E-state index contributed by atoms with van der Waals surface area (Å²) in [6, 6.07) is 5.39. The zero-order valence-electron chi connectivity index (χ0n) is 13.8. The molecule has 0 heterocycles. The summed E-state index contributed by atoms with van der Waals surface area (Å²) in [5, 5.41) is 6.15. The highest BCUT2D eigenvalue weighted by Crippen LogP contribution is 2.28. The Labute approximate surface area is 132 Å². The molecule has 1 rings (SSSR count). The van der Waals surface area contributed by atoms with Gasteiger partial charge in [0.05, 0.1) is 19.9 Å². The van der Waals surface area contributed by atoms with E-state index >= 15 is 0 Å². The molecule has 6 heteroatoms. The molecule has 124 valence electrons. The van der Waals surface area contributed by atoms with E-state index in [4.69, 9.17) is 14.2 Å². The molecule has 1 aromatic rings. The van der Waals surface area contributed by atoms with Crippen LogP contribution in [0.5, 0.6) is 11.5 Å². The maximum absolute atomic E-state index is 12.1. The lowest BCUT2D eigenvalue weighted by molar-refractivity contribution is -0.116. The van der Waals surface area contributed by atoms with E-state index in [-0.39, 0.29) is 11.9 Å². The normalized spacial score (nSPS) is 11.8. The van der Waals surface area contributed by atoms with Crippen molar-refractivity contribution in [3.63, 3.8) is 0 Å². The van der Waals surface area contributed by atoms with Gasteiger partial charge in [-0.2, -0.15) is 0 Å². The number of amides is 1. The maximum atomic E-state index is 12.1. The minimum atomic E-state index is -0.0710. The van der Waals surface area contributed by atoms with E-state index in [1.165, 1.54) is 0 Å². The molecule has 0 aromatic heterocycles. The molecule has 0 saturated heterocycles. The van der Waals surface area contributed by atoms with E-state index in [2.05, 4.69) is 10.6 Å². The zero-order chi connectivity index (χ0) is 16.4. The van der Waals surface area contributed by atoms with Crippen molar-refractivity contribution in [1.82, 2.24) is 5.32 Å². The Morgan fingerprint density at radius 3 is 2.64 bits per heavy atom. The molecule has 0 spiro atoms. The van der Waals surface area contributed by atoms with Crippen molar-refractivity contribution in [2.24, 2.45) is 0 Å². The second-order valence-electron chi connectivity index (χ2n) is 5.02. The lowest BCUT2D eigenvalue weighted by Crippen LogP contribution is -2.31. The standard InChI is InChI=1S/C16H26N2O4/c1-12(17-8-5-9-20-2)10-16(19)18-14-11-13(21-3)6-7-15(14)22-4/h6-7,11-12,17H,5,8-10H2,1-4H3,(H,18,19). The Bertz CT molecular complexity index is 465. The Hall–Kier alpha value is -1.79. The summed E-state index contributed by atoms with van der Waals surface area (Å²) in [6.07, 6.45) is 1.31. The van der Waals surface area contributed by atoms with E-state index in [1.54, 1.807) is 39.5 Å². The van der Waals surface area contributed by atoms with E-state index < -0.39 is 0 Å². The molecule has 1 aromatic carbocycles. The van der Waals surface area contributed by atoms with Gasteiger partial charge in [-0.3, -0.25) is 4.79 Å². The lowest BCUT2D eigenvalue weighted by atomic mass is 10.2. The molecule has 0 radical (unpaired) electrons. The minimum absolute atomic E-state index is 0.0710. The molecule has 0 aliphatic carbocycles. The second kappa shape index (κ2) is 10.0. The van der Waals surface area contributed by atoms with Crippen LogP contribution < -0.4 is 20.1 Å². The van der Waals surface area contributed by atoms with Crippen molar-refractivity contribution in [1.29, 1.82) is 0 Å². The van der Waals surface area contributed by atoms with E-state index in [1.807, 2.05) is 6.92 Å². The fourth-order valence-corrected chi connectivity index (χ4v) is 2.03. The molecule has 0 fully saturated rings. The zero-order valence-corrected chi connectivity index (χ0v) is 13.8. The van der Waals surface area contributed by atoms with Crippen molar-refractivity contribution in [2.75, 3.05) is 39.8 Å². The predicted molar refractivity (Wildman–Crippen MR) is 86.8 cm³/mol. The number of methoxy groups -OCH3 is 3. The Balaban J connectivity index is 2.50. The summed E-state index contributed by atoms with van der Waals surface area (Å²) < 4.78 is 15.4. The van der Waals surface area contributed by atoms with Gasteiger partial charge in [0.2, 0.25) is 5.91 Å². The molecule has 6 nitrogen and oxygen atoms in total. The van der Waals surface area contributed by atoms with Gasteiger partial charge >= 0.3 is 0 Å². The summed E-state index contributed by atoms with van der Waals surface area (Å²) in [6.45, 7) is 3.52. The summed E-state index contributed by atoms with van der Waals surface area (Å²) in [5.41, 5.74) is 0.610. The monoisotopic (exact) mass is 310 g/mol. The van der Waals surface area contributed by atoms with Crippen LogP contribution in [-0.2, 0) is 9.53 Å². The van der Waals surface area contributed by atoms with Gasteiger partial charge in [-0.25, -0.2) is 0 Å². The first-order chi connectivity index (χ1) is 10.6. The van der Waals surface area contributed by atoms with Crippen LogP contribution in [0.25, 0.3) is 0 Å². The molecule has 2 N–H and O–H groups in total. The van der Waals surface area contributed by atoms with Gasteiger partial charge in [0.15, 0.2) is 0 Å². The number of benzene rings is 1. The van der Waals surface area contributed by atoms with Crippen molar-refractivity contribution >= 4 is 11.6 Å². The van der Waals surface area contributed by atoms with E-state index in [0.29, 0.717) is 30.2 Å². The Kier molecular flexibility index (Phi) is 8.32. The predicted octanol–water partition coefficient (Wildman–Crippen LogP) is 2.05. The number of carbonyl (C=O) groups excluding carboxylic acids is 1. The second-order valence-corrected chi connectivity index (χ2v) is 5.02. The summed E-state index contributed by atoms with van der Waals surface area (Å²) in [7, 11) is 4.83. The molecular weight excluding hydrogens is 284 g/mol. The van der Waals surface area contributed by atoms with Gasteiger partial charge in [0.1, 0.15) is 11.5 Å². The molecule has 22 heavy (non-hydrogen) atoms. The first kappa shape index (κ1) is 18.3. The quantitative estimate of drug-likeness (QED) is 0.647. The number of anilines is 1. The van der Waals surface area contributed by atoms with Crippen LogP contribution in [0.4, 0.5) is 5.69 Å². The summed E-state index contributed by atoms with van der Waals surface area (Å²) >= 11 is 0. The van der Waals surface area contributed by atoms with Gasteiger partial charge in [0.25, 0.3) is 0 Å². The smallest absolute Gasteiger partial charge is 0.226 e. The molecular formula is C16H26N2O4. The highest BCUT2D eigenvalue weighted by Gasteiger charge is 2.12. The first-order valence-electron chi connectivity index (χ1n) is 7.35. The largest absolute Gasteiger partial charge is 0.497 e. The SMILES string of the molecule is COCCCNC(C)CC(=O)Nc1cc(OC)ccc1OC. The van der Waals surface area contributed by atoms with Crippen molar-refractivity contribution in [2.45, 2.75) is 25.8 Å². The third-order valence-corrected chi connectivity index (χ3v) is 3.19. The third-order valence-electron chi connectivity index (χ3n) is 3.19. The van der Waals surface area contributed by atoms with Crippen molar-refractivity contribution < 1.29 is 19.0 Å². The number of rotatable bonds is 10. The maximum Gasteiger partial charge on any atom is 0.226 e. The van der Waals surface area contributed by atoms with Crippen LogP contribution in [0.3, 0.4) is 0 Å². The molecule has 0 saturated carbocycles. The molecule has 1 amide bonds. The average Bonchev–Trinajstić information content (AvgIpc) is 2.51. The topological polar surface area (TPSA) is 68.8 Å². The van der Waals surface area contributed by atoms with Crippen molar-refractivity contribution in [3.05, 3.63) is 18.2 Å². The number of hydrogen-bond donors (Lipinski definition) is 2. The molecule has 0 aliphatic rings. The van der Waals surface area contributed by atoms with Gasteiger partial charge in [-0.05, 0) is 32.0 Å². The number of carbonyl (C=O) groups is 1. The molecule has 1 atom stereocenters. The van der Waals surface area contributed by atoms with Crippen LogP contribution in [-0.4, -0.2) is 46.4 Å². The van der Waals surface area contributed by atoms with Crippen molar-refractivity contribution in [3.8, 4) is 11.5 Å². The number of ether oxygens (including phenoxy) is 3. The van der Waals surface area contributed by atoms with Crippen LogP contribution in [0, 0.1) is 0 Å². The van der Waals surface area contributed by atoms with Gasteiger partial charge in [-0.1, -0.05) is 0 Å². The number of nitrogens with one attached hydrogen (secondary N) is 2. The molecule has 0 bridgehead atoms. The lowest BCUT2D eigenvalue weighted by Gasteiger charge is -2.15. The molecule has 0 aliphatic heterocycles. The highest BCUT2D eigenvalue weighted by atomic mass is 16.5. The van der Waals surface area contributed by atoms with Gasteiger partial charge in [-0.15, -0.1) is 0 Å². The fraction of sp³-hybridized carbons (Fsp3) is 0.562. The fourth-order valence-electron chi connectivity index (χ4n) is 2.03. The minimum Gasteiger partial charge on any atom is -0.497 e. The number of hydrogen-bond acceptors (Lipinski definition) is 5. The first-order valence-corrected chi connectivity index (χ1v) is 7.35. The van der Waals surface area contributed by atoms with Gasteiger partial charge in [0, 0.05) is 32.2 Å². The average molecular weight is 310 g/mol. The third kappa shape index (κ3) is 6.32. The van der Waals surface area contributed by atoms with E-state index in [0.717, 1.165) is 13.0 Å².